The molecule has 0 spiro atoms. The van der Waals surface area contributed by atoms with Crippen LogP contribution in [0.25, 0.3) is 0 Å². The molecule has 0 aliphatic rings. The van der Waals surface area contributed by atoms with Crippen molar-refractivity contribution in [2.24, 2.45) is 5.16 Å². The van der Waals surface area contributed by atoms with Gasteiger partial charge >= 0.3 is 0 Å². The quantitative estimate of drug-likeness (QED) is 0.334. The molecular weight excluding hydrogens is 233 g/mol. The largest absolute Gasteiger partial charge is 0.484 e. The van der Waals surface area contributed by atoms with Gasteiger partial charge in [-0.05, 0) is 13.0 Å². The van der Waals surface area contributed by atoms with Crippen molar-refractivity contribution in [3.63, 3.8) is 0 Å². The highest BCUT2D eigenvalue weighted by Crippen LogP contribution is 2.10. The van der Waals surface area contributed by atoms with E-state index in [9.17, 15) is 4.39 Å². The standard InChI is InChI=1S/C14H16FNO2/c1-4-14(11(2)15)18-10-13(16-17-3)12-8-6-5-7-9-12/h4-9H,1,10H2,2-3H3. The van der Waals surface area contributed by atoms with Crippen LogP contribution in [-0.2, 0) is 9.57 Å². The van der Waals surface area contributed by atoms with Crippen LogP contribution < -0.4 is 0 Å². The SMILES string of the molecule is C=CC(OCC(=NOC)c1ccccc1)=C(C)F. The number of nitrogens with zero attached hydrogens (tertiary/aromatic N) is 1. The molecule has 1 rings (SSSR count). The average Bonchev–Trinajstić information content (AvgIpc) is 2.39. The van der Waals surface area contributed by atoms with Crippen LogP contribution in [-0.4, -0.2) is 19.4 Å². The number of allylic oxidation sites excluding steroid dienone is 2. The smallest absolute Gasteiger partial charge is 0.150 e. The maximum Gasteiger partial charge on any atom is 0.150 e. The van der Waals surface area contributed by atoms with Gasteiger partial charge in [0.25, 0.3) is 0 Å². The summed E-state index contributed by atoms with van der Waals surface area (Å²) in [6.07, 6.45) is 1.32. The topological polar surface area (TPSA) is 30.8 Å². The summed E-state index contributed by atoms with van der Waals surface area (Å²) >= 11 is 0. The molecule has 0 aromatic heterocycles. The summed E-state index contributed by atoms with van der Waals surface area (Å²) in [6, 6.07) is 9.41. The molecule has 0 bridgehead atoms. The van der Waals surface area contributed by atoms with Crippen LogP contribution in [0.15, 0.2) is 59.7 Å². The molecule has 0 saturated carbocycles. The maximum absolute atomic E-state index is 13.0. The second-order valence-electron chi connectivity index (χ2n) is 3.48. The van der Waals surface area contributed by atoms with E-state index in [2.05, 4.69) is 11.7 Å². The third kappa shape index (κ3) is 4.05. The first kappa shape index (κ1) is 14.0. The van der Waals surface area contributed by atoms with Crippen molar-refractivity contribution in [1.82, 2.24) is 0 Å². The Hall–Kier alpha value is -2.10. The Labute approximate surface area is 106 Å². The molecule has 1 aromatic rings. The Morgan fingerprint density at radius 2 is 2.06 bits per heavy atom. The van der Waals surface area contributed by atoms with Crippen LogP contribution in [0.2, 0.25) is 0 Å². The van der Waals surface area contributed by atoms with Gasteiger partial charge in [-0.3, -0.25) is 0 Å². The van der Waals surface area contributed by atoms with Gasteiger partial charge in [0, 0.05) is 5.56 Å². The van der Waals surface area contributed by atoms with Crippen molar-refractivity contribution in [3.8, 4) is 0 Å². The number of oxime groups is 1. The normalized spacial score (nSPS) is 12.7. The van der Waals surface area contributed by atoms with Gasteiger partial charge in [0.2, 0.25) is 0 Å². The number of hydrogen-bond acceptors (Lipinski definition) is 3. The van der Waals surface area contributed by atoms with Crippen LogP contribution >= 0.6 is 0 Å². The minimum Gasteiger partial charge on any atom is -0.484 e. The Morgan fingerprint density at radius 1 is 1.39 bits per heavy atom. The monoisotopic (exact) mass is 249 g/mol. The number of halogens is 1. The van der Waals surface area contributed by atoms with Crippen molar-refractivity contribution in [1.29, 1.82) is 0 Å². The highest BCUT2D eigenvalue weighted by molar-refractivity contribution is 6.01. The van der Waals surface area contributed by atoms with Crippen molar-refractivity contribution in [3.05, 3.63) is 60.1 Å². The highest BCUT2D eigenvalue weighted by Gasteiger charge is 2.07. The summed E-state index contributed by atoms with van der Waals surface area (Å²) in [7, 11) is 1.45. The molecular formula is C14H16FNO2. The Morgan fingerprint density at radius 3 is 2.56 bits per heavy atom. The summed E-state index contributed by atoms with van der Waals surface area (Å²) in [5.74, 6) is -0.315. The summed E-state index contributed by atoms with van der Waals surface area (Å²) in [5, 5.41) is 3.87. The van der Waals surface area contributed by atoms with Crippen molar-refractivity contribution in [2.75, 3.05) is 13.7 Å². The van der Waals surface area contributed by atoms with Gasteiger partial charge in [-0.1, -0.05) is 42.1 Å². The van der Waals surface area contributed by atoms with Gasteiger partial charge in [-0.2, -0.15) is 0 Å². The fourth-order valence-electron chi connectivity index (χ4n) is 1.35. The molecule has 3 nitrogen and oxygen atoms in total. The van der Waals surface area contributed by atoms with Gasteiger partial charge < -0.3 is 9.57 Å². The Bertz CT molecular complexity index is 448. The van der Waals surface area contributed by atoms with E-state index in [0.29, 0.717) is 5.71 Å². The predicted octanol–water partition coefficient (Wildman–Crippen LogP) is 3.44. The van der Waals surface area contributed by atoms with Crippen molar-refractivity contribution >= 4 is 5.71 Å². The minimum absolute atomic E-state index is 0.106. The molecule has 18 heavy (non-hydrogen) atoms. The van der Waals surface area contributed by atoms with E-state index in [4.69, 9.17) is 9.57 Å². The lowest BCUT2D eigenvalue weighted by molar-refractivity contribution is 0.204. The van der Waals surface area contributed by atoms with Crippen LogP contribution in [0.5, 0.6) is 0 Å². The zero-order chi connectivity index (χ0) is 13.4. The van der Waals surface area contributed by atoms with E-state index in [-0.39, 0.29) is 12.4 Å². The van der Waals surface area contributed by atoms with Crippen molar-refractivity contribution in [2.45, 2.75) is 6.92 Å². The molecule has 0 fully saturated rings. The maximum atomic E-state index is 13.0. The number of rotatable bonds is 6. The molecule has 96 valence electrons. The molecule has 4 heteroatoms. The first-order valence-electron chi connectivity index (χ1n) is 5.46. The Balaban J connectivity index is 2.81. The lowest BCUT2D eigenvalue weighted by atomic mass is 10.1. The third-order valence-electron chi connectivity index (χ3n) is 2.20. The van der Waals surface area contributed by atoms with E-state index in [1.54, 1.807) is 0 Å². The van der Waals surface area contributed by atoms with Gasteiger partial charge in [0.05, 0.1) is 0 Å². The third-order valence-corrected chi connectivity index (χ3v) is 2.20. The lowest BCUT2D eigenvalue weighted by Gasteiger charge is -2.09. The summed E-state index contributed by atoms with van der Waals surface area (Å²) < 4.78 is 18.3. The zero-order valence-corrected chi connectivity index (χ0v) is 10.5. The van der Waals surface area contributed by atoms with E-state index >= 15 is 0 Å². The van der Waals surface area contributed by atoms with Crippen LogP contribution in [0.3, 0.4) is 0 Å². The van der Waals surface area contributed by atoms with E-state index in [1.165, 1.54) is 20.1 Å². The van der Waals surface area contributed by atoms with Crippen LogP contribution in [0.1, 0.15) is 12.5 Å². The number of benzene rings is 1. The summed E-state index contributed by atoms with van der Waals surface area (Å²) in [4.78, 5) is 4.76. The molecule has 1 aromatic carbocycles. The van der Waals surface area contributed by atoms with Crippen molar-refractivity contribution < 1.29 is 14.0 Å². The fraction of sp³-hybridized carbons (Fsp3) is 0.214. The molecule has 0 N–H and O–H groups in total. The van der Waals surface area contributed by atoms with E-state index in [1.807, 2.05) is 30.3 Å². The molecule has 0 aliphatic carbocycles. The fourth-order valence-corrected chi connectivity index (χ4v) is 1.35. The van der Waals surface area contributed by atoms with Gasteiger partial charge in [0.15, 0.2) is 0 Å². The Kier molecular flexibility index (Phi) is 5.64. The first-order chi connectivity index (χ1) is 8.69. The highest BCUT2D eigenvalue weighted by atomic mass is 19.1. The zero-order valence-electron chi connectivity index (χ0n) is 10.5. The van der Waals surface area contributed by atoms with Gasteiger partial charge in [-0.25, -0.2) is 4.39 Å². The first-order valence-corrected chi connectivity index (χ1v) is 5.46. The summed E-state index contributed by atoms with van der Waals surface area (Å²) in [5.41, 5.74) is 1.44. The second-order valence-corrected chi connectivity index (χ2v) is 3.48. The molecule has 0 amide bonds. The molecule has 0 aliphatic heterocycles. The van der Waals surface area contributed by atoms with Gasteiger partial charge in [-0.15, -0.1) is 0 Å². The average molecular weight is 249 g/mol. The minimum atomic E-state index is -0.421. The van der Waals surface area contributed by atoms with Gasteiger partial charge in [0.1, 0.15) is 31.0 Å². The molecule has 0 saturated heterocycles. The molecule has 0 radical (unpaired) electrons. The number of ether oxygens (including phenoxy) is 1. The predicted molar refractivity (Wildman–Crippen MR) is 69.9 cm³/mol. The van der Waals surface area contributed by atoms with Crippen LogP contribution in [0.4, 0.5) is 4.39 Å². The van der Waals surface area contributed by atoms with Crippen LogP contribution in [0, 0.1) is 0 Å². The summed E-state index contributed by atoms with van der Waals surface area (Å²) in [6.45, 7) is 4.91. The molecule has 0 atom stereocenters. The molecule has 0 heterocycles. The second kappa shape index (κ2) is 7.27. The van der Waals surface area contributed by atoms with E-state index in [0.717, 1.165) is 5.56 Å². The lowest BCUT2D eigenvalue weighted by Crippen LogP contribution is -2.11. The molecule has 0 unspecified atom stereocenters. The van der Waals surface area contributed by atoms with E-state index < -0.39 is 5.83 Å². The number of hydrogen-bond donors (Lipinski definition) is 0.